The van der Waals surface area contributed by atoms with E-state index < -0.39 is 53.8 Å². The molecular formula is C29H39NO9. The van der Waals surface area contributed by atoms with Gasteiger partial charge in [0.1, 0.15) is 6.54 Å². The summed E-state index contributed by atoms with van der Waals surface area (Å²) in [5, 5.41) is 10.8. The van der Waals surface area contributed by atoms with Crippen LogP contribution in [0.15, 0.2) is 11.6 Å². The number of esters is 2. The van der Waals surface area contributed by atoms with Crippen molar-refractivity contribution >= 4 is 35.4 Å². The second-order valence-corrected chi connectivity index (χ2v) is 12.1. The third-order valence-corrected chi connectivity index (χ3v) is 10.2. The topological polar surface area (TPSA) is 153 Å². The first kappa shape index (κ1) is 29.0. The summed E-state index contributed by atoms with van der Waals surface area (Å²) in [6.07, 6.45) is 7.13. The summed E-state index contributed by atoms with van der Waals surface area (Å²) in [4.78, 5) is 72.6. The van der Waals surface area contributed by atoms with Crippen LogP contribution in [-0.4, -0.2) is 59.2 Å². The van der Waals surface area contributed by atoms with Gasteiger partial charge in [-0.1, -0.05) is 19.4 Å². The van der Waals surface area contributed by atoms with Crippen LogP contribution < -0.4 is 5.32 Å². The lowest BCUT2D eigenvalue weighted by Crippen LogP contribution is -2.59. The Labute approximate surface area is 228 Å². The number of ketones is 2. The lowest BCUT2D eigenvalue weighted by molar-refractivity contribution is -0.191. The average Bonchev–Trinajstić information content (AvgIpc) is 3.17. The Morgan fingerprint density at radius 2 is 1.72 bits per heavy atom. The van der Waals surface area contributed by atoms with E-state index in [0.29, 0.717) is 31.1 Å². The third-order valence-electron chi connectivity index (χ3n) is 10.2. The molecule has 39 heavy (non-hydrogen) atoms. The highest BCUT2D eigenvalue weighted by atomic mass is 16.6. The van der Waals surface area contributed by atoms with E-state index in [1.54, 1.807) is 0 Å². The lowest BCUT2D eigenvalue weighted by Gasteiger charge is -2.59. The quantitative estimate of drug-likeness (QED) is 0.416. The van der Waals surface area contributed by atoms with Crippen LogP contribution in [0.5, 0.6) is 0 Å². The Bertz CT molecular complexity index is 1110. The second kappa shape index (κ2) is 10.8. The Morgan fingerprint density at radius 1 is 1.00 bits per heavy atom. The van der Waals surface area contributed by atoms with Gasteiger partial charge < -0.3 is 19.9 Å². The SMILES string of the molecule is CC(=O)O[C@]1(C(=O)COC(=O)CCC(=O)NCC(=O)O)CCC2C3CCC4=CC(=O)CC[C@]4(C)C3CC[C@@]21C. The van der Waals surface area contributed by atoms with Crippen molar-refractivity contribution in [3.8, 4) is 0 Å². The van der Waals surface area contributed by atoms with Gasteiger partial charge in [0.25, 0.3) is 0 Å². The zero-order valence-electron chi connectivity index (χ0n) is 23.0. The molecule has 6 atom stereocenters. The maximum atomic E-state index is 13.7. The van der Waals surface area contributed by atoms with Gasteiger partial charge in [-0.05, 0) is 74.2 Å². The summed E-state index contributed by atoms with van der Waals surface area (Å²) in [6.45, 7) is 4.50. The number of hydrogen-bond donors (Lipinski definition) is 2. The van der Waals surface area contributed by atoms with Crippen molar-refractivity contribution in [2.24, 2.45) is 28.6 Å². The van der Waals surface area contributed by atoms with Crippen molar-refractivity contribution in [2.75, 3.05) is 13.2 Å². The Kier molecular flexibility index (Phi) is 8.06. The molecule has 3 fully saturated rings. The number of rotatable bonds is 9. The predicted octanol–water partition coefficient (Wildman–Crippen LogP) is 2.91. The molecule has 0 spiro atoms. The van der Waals surface area contributed by atoms with Crippen LogP contribution in [0.25, 0.3) is 0 Å². The second-order valence-electron chi connectivity index (χ2n) is 12.1. The van der Waals surface area contributed by atoms with Crippen molar-refractivity contribution in [1.82, 2.24) is 5.32 Å². The number of carbonyl (C=O) groups excluding carboxylic acids is 5. The summed E-state index contributed by atoms with van der Waals surface area (Å²) in [5.41, 5.74) is -0.774. The molecule has 4 rings (SSSR count). The zero-order chi connectivity index (χ0) is 28.6. The van der Waals surface area contributed by atoms with Crippen LogP contribution in [0.4, 0.5) is 0 Å². The fraction of sp³-hybridized carbons (Fsp3) is 0.724. The molecule has 0 aromatic heterocycles. The molecule has 3 unspecified atom stereocenters. The summed E-state index contributed by atoms with van der Waals surface area (Å²) < 4.78 is 11.1. The number of nitrogens with one attached hydrogen (secondary N) is 1. The number of allylic oxidation sites excluding steroid dienone is 1. The molecule has 4 aliphatic rings. The minimum Gasteiger partial charge on any atom is -0.480 e. The molecule has 0 aliphatic heterocycles. The van der Waals surface area contributed by atoms with Crippen LogP contribution in [0.3, 0.4) is 0 Å². The van der Waals surface area contributed by atoms with Gasteiger partial charge in [-0.15, -0.1) is 0 Å². The fourth-order valence-corrected chi connectivity index (χ4v) is 8.30. The van der Waals surface area contributed by atoms with Gasteiger partial charge in [0.15, 0.2) is 18.0 Å². The highest BCUT2D eigenvalue weighted by Crippen LogP contribution is 2.68. The molecule has 3 saturated carbocycles. The number of hydrogen-bond acceptors (Lipinski definition) is 8. The Balaban J connectivity index is 1.47. The number of amides is 1. The maximum absolute atomic E-state index is 13.7. The number of Topliss-reactive ketones (excluding diaryl/α,β-unsaturated/α-hetero) is 1. The van der Waals surface area contributed by atoms with Gasteiger partial charge in [-0.2, -0.15) is 0 Å². The van der Waals surface area contributed by atoms with E-state index >= 15 is 0 Å². The smallest absolute Gasteiger partial charge is 0.322 e. The molecule has 0 bridgehead atoms. The van der Waals surface area contributed by atoms with Crippen LogP contribution in [-0.2, 0) is 38.2 Å². The van der Waals surface area contributed by atoms with Crippen molar-refractivity contribution in [3.05, 3.63) is 11.6 Å². The van der Waals surface area contributed by atoms with Crippen molar-refractivity contribution < 1.29 is 43.3 Å². The van der Waals surface area contributed by atoms with Gasteiger partial charge in [0, 0.05) is 25.2 Å². The molecule has 0 saturated heterocycles. The van der Waals surface area contributed by atoms with Crippen molar-refractivity contribution in [2.45, 2.75) is 90.6 Å². The molecule has 0 aromatic rings. The molecule has 4 aliphatic carbocycles. The largest absolute Gasteiger partial charge is 0.480 e. The van der Waals surface area contributed by atoms with Crippen LogP contribution in [0.2, 0.25) is 0 Å². The van der Waals surface area contributed by atoms with E-state index in [2.05, 4.69) is 12.2 Å². The number of ether oxygens (including phenoxy) is 2. The molecular weight excluding hydrogens is 506 g/mol. The van der Waals surface area contributed by atoms with E-state index in [1.807, 2.05) is 13.0 Å². The predicted molar refractivity (Wildman–Crippen MR) is 137 cm³/mol. The highest BCUT2D eigenvalue weighted by Gasteiger charge is 2.68. The van der Waals surface area contributed by atoms with Crippen molar-refractivity contribution in [1.29, 1.82) is 0 Å². The van der Waals surface area contributed by atoms with E-state index in [9.17, 15) is 28.8 Å². The van der Waals surface area contributed by atoms with Gasteiger partial charge in [-0.25, -0.2) is 0 Å². The van der Waals surface area contributed by atoms with E-state index in [4.69, 9.17) is 14.6 Å². The monoisotopic (exact) mass is 545 g/mol. The average molecular weight is 546 g/mol. The van der Waals surface area contributed by atoms with Crippen LogP contribution >= 0.6 is 0 Å². The van der Waals surface area contributed by atoms with E-state index in [0.717, 1.165) is 32.1 Å². The van der Waals surface area contributed by atoms with E-state index in [-0.39, 0.29) is 30.0 Å². The van der Waals surface area contributed by atoms with Gasteiger partial charge in [0.05, 0.1) is 6.42 Å². The zero-order valence-corrected chi connectivity index (χ0v) is 23.0. The number of carboxylic acids is 1. The minimum atomic E-state index is -1.40. The summed E-state index contributed by atoms with van der Waals surface area (Å²) in [6, 6.07) is 0. The number of carbonyl (C=O) groups is 6. The molecule has 0 heterocycles. The summed E-state index contributed by atoms with van der Waals surface area (Å²) in [7, 11) is 0. The maximum Gasteiger partial charge on any atom is 0.322 e. The number of aliphatic carboxylic acids is 1. The van der Waals surface area contributed by atoms with Gasteiger partial charge in [-0.3, -0.25) is 28.8 Å². The fourth-order valence-electron chi connectivity index (χ4n) is 8.30. The molecule has 0 aromatic carbocycles. The van der Waals surface area contributed by atoms with Crippen LogP contribution in [0, 0.1) is 28.6 Å². The minimum absolute atomic E-state index is 0.0267. The molecule has 0 radical (unpaired) electrons. The first-order valence-corrected chi connectivity index (χ1v) is 13.9. The van der Waals surface area contributed by atoms with Gasteiger partial charge >= 0.3 is 17.9 Å². The summed E-state index contributed by atoms with van der Waals surface area (Å²) in [5.74, 6) is -2.47. The van der Waals surface area contributed by atoms with Crippen LogP contribution in [0.1, 0.15) is 85.0 Å². The standard InChI is InChI=1S/C29H39NO9/c1-17(31)39-29(23(33)16-38-26(37)7-6-24(34)30-15-25(35)36)13-10-22-20-5-4-18-14-19(32)8-11-27(18,2)21(20)9-12-28(22,29)3/h14,20-22H,4-13,15-16H2,1-3H3,(H,30,34)(H,35,36)/t20?,21?,22?,27-,28-,29-/m0/s1. The molecule has 10 nitrogen and oxygen atoms in total. The molecule has 10 heteroatoms. The molecule has 2 N–H and O–H groups in total. The first-order valence-electron chi connectivity index (χ1n) is 13.9. The number of carboxylic acid groups (broad SMARTS) is 1. The van der Waals surface area contributed by atoms with E-state index in [1.165, 1.54) is 12.5 Å². The normalized spacial score (nSPS) is 35.0. The molecule has 214 valence electrons. The Hall–Kier alpha value is -3.04. The lowest BCUT2D eigenvalue weighted by atomic mass is 9.46. The molecule has 1 amide bonds. The third kappa shape index (κ3) is 5.26. The first-order chi connectivity index (χ1) is 18.3. The number of fused-ring (bicyclic) bond motifs is 5. The Morgan fingerprint density at radius 3 is 2.41 bits per heavy atom. The highest BCUT2D eigenvalue weighted by molar-refractivity contribution is 5.93. The van der Waals surface area contributed by atoms with Gasteiger partial charge in [0.2, 0.25) is 11.7 Å². The summed E-state index contributed by atoms with van der Waals surface area (Å²) >= 11 is 0. The van der Waals surface area contributed by atoms with Crippen molar-refractivity contribution in [3.63, 3.8) is 0 Å².